The molecule has 0 amide bonds. The Morgan fingerprint density at radius 2 is 1.86 bits per heavy atom. The van der Waals surface area contributed by atoms with Gasteiger partial charge in [-0.05, 0) is 40.7 Å². The lowest BCUT2D eigenvalue weighted by atomic mass is 10.0. The van der Waals surface area contributed by atoms with Crippen molar-refractivity contribution in [3.63, 3.8) is 0 Å². The minimum atomic E-state index is 0.565. The highest BCUT2D eigenvalue weighted by molar-refractivity contribution is 8.02. The van der Waals surface area contributed by atoms with Gasteiger partial charge in [0.15, 0.2) is 0 Å². The zero-order chi connectivity index (χ0) is 14.8. The van der Waals surface area contributed by atoms with E-state index in [9.17, 15) is 0 Å². The van der Waals surface area contributed by atoms with E-state index in [0.29, 0.717) is 5.92 Å². The number of hydrogen-bond donors (Lipinski definition) is 0. The highest BCUT2D eigenvalue weighted by atomic mass is 35.5. The van der Waals surface area contributed by atoms with Gasteiger partial charge in [-0.15, -0.1) is 11.8 Å². The van der Waals surface area contributed by atoms with Gasteiger partial charge >= 0.3 is 0 Å². The van der Waals surface area contributed by atoms with Gasteiger partial charge in [-0.1, -0.05) is 55.8 Å². The maximum Gasteiger partial charge on any atom is 0.0729 e. The third kappa shape index (κ3) is 3.12. The molecule has 1 aliphatic heterocycles. The van der Waals surface area contributed by atoms with E-state index < -0.39 is 0 Å². The highest BCUT2D eigenvalue weighted by Crippen LogP contribution is 2.36. The van der Waals surface area contributed by atoms with Crippen molar-refractivity contribution in [3.8, 4) is 0 Å². The van der Waals surface area contributed by atoms with Gasteiger partial charge in [0, 0.05) is 10.7 Å². The van der Waals surface area contributed by atoms with Crippen molar-refractivity contribution < 1.29 is 0 Å². The molecule has 0 spiro atoms. The second-order valence-corrected chi connectivity index (χ2v) is 6.75. The van der Waals surface area contributed by atoms with Gasteiger partial charge < -0.3 is 4.90 Å². The van der Waals surface area contributed by atoms with E-state index in [-0.39, 0.29) is 0 Å². The molecule has 0 saturated heterocycles. The Kier molecular flexibility index (Phi) is 4.27. The minimum absolute atomic E-state index is 0.565. The summed E-state index contributed by atoms with van der Waals surface area (Å²) in [5, 5.41) is 3.00. The largest absolute Gasteiger partial charge is 0.330 e. The minimum Gasteiger partial charge on any atom is -0.330 e. The summed E-state index contributed by atoms with van der Waals surface area (Å²) in [5.41, 5.74) is 5.02. The van der Waals surface area contributed by atoms with Crippen LogP contribution in [0.25, 0.3) is 5.70 Å². The molecule has 108 valence electrons. The lowest BCUT2D eigenvalue weighted by Gasteiger charge is -2.22. The third-order valence-electron chi connectivity index (χ3n) is 3.68. The summed E-state index contributed by atoms with van der Waals surface area (Å²) in [6, 6.07) is 16.9. The van der Waals surface area contributed by atoms with E-state index in [1.807, 2.05) is 30.0 Å². The smallest absolute Gasteiger partial charge is 0.0729 e. The van der Waals surface area contributed by atoms with Gasteiger partial charge in [-0.25, -0.2) is 0 Å². The fourth-order valence-corrected chi connectivity index (χ4v) is 3.56. The van der Waals surface area contributed by atoms with Crippen LogP contribution in [-0.2, 0) is 0 Å². The van der Waals surface area contributed by atoms with Gasteiger partial charge in [0.2, 0.25) is 0 Å². The van der Waals surface area contributed by atoms with Gasteiger partial charge in [0.1, 0.15) is 0 Å². The monoisotopic (exact) mass is 315 g/mol. The topological polar surface area (TPSA) is 3.24 Å². The Bertz CT molecular complexity index is 661. The number of anilines is 1. The molecule has 0 N–H and O–H groups in total. The Balaban J connectivity index is 1.90. The molecule has 2 aromatic carbocycles. The summed E-state index contributed by atoms with van der Waals surface area (Å²) in [6.07, 6.45) is 0. The van der Waals surface area contributed by atoms with E-state index in [1.165, 1.54) is 16.8 Å². The lowest BCUT2D eigenvalue weighted by molar-refractivity contribution is 0.866. The molecule has 0 aliphatic carbocycles. The number of halogens is 1. The van der Waals surface area contributed by atoms with Crippen LogP contribution in [0.4, 0.5) is 5.69 Å². The molecular formula is C18H18ClNS. The van der Waals surface area contributed by atoms with Crippen molar-refractivity contribution in [1.82, 2.24) is 0 Å². The average Bonchev–Trinajstić information content (AvgIpc) is 2.97. The maximum atomic E-state index is 6.12. The quantitative estimate of drug-likeness (QED) is 0.686. The van der Waals surface area contributed by atoms with E-state index in [4.69, 9.17) is 11.6 Å². The lowest BCUT2D eigenvalue weighted by Crippen LogP contribution is -2.16. The first-order valence-corrected chi connectivity index (χ1v) is 8.53. The van der Waals surface area contributed by atoms with Crippen molar-refractivity contribution in [2.45, 2.75) is 19.8 Å². The van der Waals surface area contributed by atoms with Crippen LogP contribution < -0.4 is 4.90 Å². The molecule has 1 aliphatic rings. The molecule has 0 fully saturated rings. The van der Waals surface area contributed by atoms with E-state index in [1.54, 1.807) is 0 Å². The van der Waals surface area contributed by atoms with Crippen molar-refractivity contribution in [2.24, 2.45) is 0 Å². The average molecular weight is 316 g/mol. The predicted molar refractivity (Wildman–Crippen MR) is 94.9 cm³/mol. The predicted octanol–water partition coefficient (Wildman–Crippen LogP) is 5.97. The Hall–Kier alpha value is -1.38. The Morgan fingerprint density at radius 1 is 1.10 bits per heavy atom. The highest BCUT2D eigenvalue weighted by Gasteiger charge is 2.19. The zero-order valence-electron chi connectivity index (χ0n) is 12.2. The molecule has 0 atom stereocenters. The molecule has 1 nitrogen and oxygen atoms in total. The van der Waals surface area contributed by atoms with Crippen molar-refractivity contribution >= 4 is 34.7 Å². The van der Waals surface area contributed by atoms with Crippen LogP contribution in [0.15, 0.2) is 53.9 Å². The first-order valence-electron chi connectivity index (χ1n) is 7.10. The molecule has 0 saturated carbocycles. The van der Waals surface area contributed by atoms with Crippen molar-refractivity contribution in [1.29, 1.82) is 0 Å². The normalized spacial score (nSPS) is 14.7. The second-order valence-electron chi connectivity index (χ2n) is 5.48. The van der Waals surface area contributed by atoms with Crippen LogP contribution in [0.2, 0.25) is 5.02 Å². The standard InChI is InChI=1S/C18H18ClNS/c1-13(2)14-6-8-15(9-7-14)18-11-21-12-20(18)17-5-3-4-16(19)10-17/h3-11,13H,12H2,1-2H3. The Labute approximate surface area is 135 Å². The number of nitrogens with zero attached hydrogens (tertiary/aromatic N) is 1. The molecule has 0 radical (unpaired) electrons. The van der Waals surface area contributed by atoms with Crippen LogP contribution in [0.1, 0.15) is 30.9 Å². The van der Waals surface area contributed by atoms with Crippen LogP contribution in [0.5, 0.6) is 0 Å². The summed E-state index contributed by atoms with van der Waals surface area (Å²) in [5.74, 6) is 1.50. The molecule has 0 bridgehead atoms. The molecular weight excluding hydrogens is 298 g/mol. The number of benzene rings is 2. The van der Waals surface area contributed by atoms with Gasteiger partial charge in [-0.2, -0.15) is 0 Å². The summed E-state index contributed by atoms with van der Waals surface area (Å²) >= 11 is 7.94. The molecule has 0 unspecified atom stereocenters. The zero-order valence-corrected chi connectivity index (χ0v) is 13.8. The summed E-state index contributed by atoms with van der Waals surface area (Å²) in [6.45, 7) is 4.44. The van der Waals surface area contributed by atoms with Crippen LogP contribution in [0, 0.1) is 0 Å². The SMILES string of the molecule is CC(C)c1ccc(C2=CSCN2c2cccc(Cl)c2)cc1. The first kappa shape index (κ1) is 14.6. The molecule has 0 aromatic heterocycles. The van der Waals surface area contributed by atoms with E-state index in [0.717, 1.165) is 16.6 Å². The Morgan fingerprint density at radius 3 is 2.52 bits per heavy atom. The van der Waals surface area contributed by atoms with Gasteiger partial charge in [0.25, 0.3) is 0 Å². The van der Waals surface area contributed by atoms with Crippen LogP contribution in [-0.4, -0.2) is 5.88 Å². The van der Waals surface area contributed by atoms with Gasteiger partial charge in [-0.3, -0.25) is 0 Å². The number of thioether (sulfide) groups is 1. The first-order chi connectivity index (χ1) is 10.1. The summed E-state index contributed by atoms with van der Waals surface area (Å²) in [4.78, 5) is 2.31. The summed E-state index contributed by atoms with van der Waals surface area (Å²) < 4.78 is 0. The molecule has 1 heterocycles. The molecule has 3 heteroatoms. The van der Waals surface area contributed by atoms with E-state index in [2.05, 4.69) is 54.5 Å². The third-order valence-corrected chi connectivity index (χ3v) is 4.71. The van der Waals surface area contributed by atoms with Gasteiger partial charge in [0.05, 0.1) is 11.6 Å². The van der Waals surface area contributed by atoms with E-state index >= 15 is 0 Å². The van der Waals surface area contributed by atoms with Crippen LogP contribution in [0.3, 0.4) is 0 Å². The molecule has 3 rings (SSSR count). The van der Waals surface area contributed by atoms with Crippen LogP contribution >= 0.6 is 23.4 Å². The fraction of sp³-hybridized carbons (Fsp3) is 0.222. The van der Waals surface area contributed by atoms with Crippen molar-refractivity contribution in [3.05, 3.63) is 70.1 Å². The second kappa shape index (κ2) is 6.17. The summed E-state index contributed by atoms with van der Waals surface area (Å²) in [7, 11) is 0. The molecule has 21 heavy (non-hydrogen) atoms. The maximum absolute atomic E-state index is 6.12. The number of rotatable bonds is 3. The van der Waals surface area contributed by atoms with Crippen molar-refractivity contribution in [2.75, 3.05) is 10.8 Å². The molecule has 2 aromatic rings. The number of hydrogen-bond acceptors (Lipinski definition) is 2. The fourth-order valence-electron chi connectivity index (χ4n) is 2.44.